The van der Waals surface area contributed by atoms with Gasteiger partial charge in [0, 0.05) is 19.4 Å². The SMILES string of the molecule is CC/C=C\C/C=C\CC(O)/C=C/C=C\C/C=C\CCCC(=O)OC[C@H](COP(=O)(O)OCCN)OC(=O)CCCCCCCCCCCCCCCCCCCCCCC. The first-order valence-electron chi connectivity index (χ1n) is 23.9. The zero-order valence-electron chi connectivity index (χ0n) is 38.0. The van der Waals surface area contributed by atoms with Crippen molar-refractivity contribution >= 4 is 19.8 Å². The van der Waals surface area contributed by atoms with Crippen LogP contribution in [0.5, 0.6) is 0 Å². The Balaban J connectivity index is 4.20. The van der Waals surface area contributed by atoms with Crippen LogP contribution in [0.2, 0.25) is 0 Å². The molecule has 0 radical (unpaired) electrons. The van der Waals surface area contributed by atoms with Gasteiger partial charge in [0.15, 0.2) is 6.10 Å². The van der Waals surface area contributed by atoms with Gasteiger partial charge in [-0.1, -0.05) is 203 Å². The summed E-state index contributed by atoms with van der Waals surface area (Å²) in [4.78, 5) is 34.9. The number of hydrogen-bond donors (Lipinski definition) is 3. The van der Waals surface area contributed by atoms with Crippen LogP contribution >= 0.6 is 7.82 Å². The summed E-state index contributed by atoms with van der Waals surface area (Å²) >= 11 is 0. The topological polar surface area (TPSA) is 155 Å². The van der Waals surface area contributed by atoms with E-state index in [-0.39, 0.29) is 32.6 Å². The third kappa shape index (κ3) is 43.7. The van der Waals surface area contributed by atoms with Gasteiger partial charge in [-0.25, -0.2) is 4.57 Å². The zero-order chi connectivity index (χ0) is 44.0. The minimum atomic E-state index is -4.41. The van der Waals surface area contributed by atoms with Gasteiger partial charge >= 0.3 is 19.8 Å². The van der Waals surface area contributed by atoms with Gasteiger partial charge < -0.3 is 25.2 Å². The Morgan fingerprint density at radius 3 is 1.68 bits per heavy atom. The maximum absolute atomic E-state index is 12.6. The van der Waals surface area contributed by atoms with Crippen LogP contribution in [-0.2, 0) is 32.7 Å². The molecule has 0 aliphatic rings. The predicted octanol–water partition coefficient (Wildman–Crippen LogP) is 13.0. The fraction of sp³-hybridized carbons (Fsp3) is 0.755. The number of rotatable bonds is 44. The molecular weight excluding hydrogens is 778 g/mol. The maximum Gasteiger partial charge on any atom is 0.472 e. The van der Waals surface area contributed by atoms with E-state index in [0.717, 1.165) is 38.5 Å². The van der Waals surface area contributed by atoms with Crippen molar-refractivity contribution in [1.29, 1.82) is 0 Å². The number of nitrogens with two attached hydrogens (primary N) is 1. The van der Waals surface area contributed by atoms with Crippen LogP contribution in [-0.4, -0.2) is 60.5 Å². The third-order valence-corrected chi connectivity index (χ3v) is 11.0. The summed E-state index contributed by atoms with van der Waals surface area (Å²) in [5.41, 5.74) is 5.35. The van der Waals surface area contributed by atoms with E-state index < -0.39 is 38.6 Å². The van der Waals surface area contributed by atoms with Crippen LogP contribution in [0.1, 0.15) is 200 Å². The molecule has 0 aliphatic heterocycles. The summed E-state index contributed by atoms with van der Waals surface area (Å²) in [7, 11) is -4.41. The van der Waals surface area contributed by atoms with Gasteiger partial charge in [0.2, 0.25) is 0 Å². The number of phosphoric acid groups is 1. The molecule has 4 N–H and O–H groups in total. The highest BCUT2D eigenvalue weighted by molar-refractivity contribution is 7.47. The van der Waals surface area contributed by atoms with E-state index in [0.29, 0.717) is 25.7 Å². The van der Waals surface area contributed by atoms with Crippen molar-refractivity contribution in [2.45, 2.75) is 212 Å². The summed E-state index contributed by atoms with van der Waals surface area (Å²) in [6.07, 6.45) is 50.1. The molecule has 11 heteroatoms. The molecule has 0 aliphatic carbocycles. The Morgan fingerprint density at radius 2 is 1.12 bits per heavy atom. The molecule has 0 aromatic carbocycles. The highest BCUT2D eigenvalue weighted by Gasteiger charge is 2.26. The Morgan fingerprint density at radius 1 is 0.600 bits per heavy atom. The number of ether oxygens (including phenoxy) is 2. The first-order chi connectivity index (χ1) is 29.2. The van der Waals surface area contributed by atoms with Crippen molar-refractivity contribution in [3.8, 4) is 0 Å². The lowest BCUT2D eigenvalue weighted by Gasteiger charge is -2.19. The van der Waals surface area contributed by atoms with Gasteiger partial charge in [-0.05, 0) is 44.9 Å². The molecule has 0 saturated carbocycles. The van der Waals surface area contributed by atoms with Crippen molar-refractivity contribution in [3.63, 3.8) is 0 Å². The van der Waals surface area contributed by atoms with Gasteiger partial charge in [0.05, 0.1) is 19.3 Å². The van der Waals surface area contributed by atoms with Crippen LogP contribution in [0.3, 0.4) is 0 Å². The Kier molecular flexibility index (Phi) is 43.0. The second kappa shape index (κ2) is 44.7. The number of hydrogen-bond acceptors (Lipinski definition) is 9. The molecule has 0 rings (SSSR count). The Bertz CT molecular complexity index is 1190. The van der Waals surface area contributed by atoms with Gasteiger partial charge in [-0.3, -0.25) is 18.6 Å². The normalized spacial score (nSPS) is 14.3. The lowest BCUT2D eigenvalue weighted by molar-refractivity contribution is -0.161. The number of carbonyl (C=O) groups is 2. The quantitative estimate of drug-likeness (QED) is 0.0177. The number of carbonyl (C=O) groups excluding carboxylic acids is 2. The number of aliphatic hydroxyl groups excluding tert-OH is 1. The number of esters is 2. The monoisotopic (exact) mass is 866 g/mol. The average Bonchev–Trinajstić information content (AvgIpc) is 3.23. The summed E-state index contributed by atoms with van der Waals surface area (Å²) < 4.78 is 32.8. The van der Waals surface area contributed by atoms with Crippen molar-refractivity contribution < 1.29 is 42.7 Å². The van der Waals surface area contributed by atoms with Crippen molar-refractivity contribution in [2.24, 2.45) is 5.73 Å². The summed E-state index contributed by atoms with van der Waals surface area (Å²) in [5, 5.41) is 10.0. The standard InChI is InChI=1S/C49H88NO9P/c1-3-5-7-9-11-12-13-14-15-16-17-18-19-20-21-22-23-24-29-33-37-41-49(53)59-47(45-58-60(54,55)57-43-42-50)44-56-48(52)40-36-32-28-26-25-27-31-35-39-46(51)38-34-30-10-8-6-4-2/h6,8,26-28,30-31,34-35,39,46-47,51H,3-5,7,9-25,29,32-33,36-38,40-45,50H2,1-2H3,(H,54,55)/b8-6-,28-26-,31-27-,34-30-,39-35+/t46?,47-/m1/s1. The van der Waals surface area contributed by atoms with Gasteiger partial charge in [0.25, 0.3) is 0 Å². The molecule has 0 saturated heterocycles. The van der Waals surface area contributed by atoms with Crippen LogP contribution in [0.25, 0.3) is 0 Å². The Labute approximate surface area is 366 Å². The van der Waals surface area contributed by atoms with Crippen molar-refractivity contribution in [1.82, 2.24) is 0 Å². The molecule has 60 heavy (non-hydrogen) atoms. The van der Waals surface area contributed by atoms with Crippen LogP contribution < -0.4 is 5.73 Å². The number of phosphoric ester groups is 1. The van der Waals surface area contributed by atoms with E-state index in [1.54, 1.807) is 6.08 Å². The minimum absolute atomic E-state index is 0.0355. The van der Waals surface area contributed by atoms with E-state index in [1.165, 1.54) is 109 Å². The molecule has 0 aromatic heterocycles. The van der Waals surface area contributed by atoms with Crippen molar-refractivity contribution in [3.05, 3.63) is 60.8 Å². The molecular formula is C49H88NO9P. The lowest BCUT2D eigenvalue weighted by atomic mass is 10.0. The van der Waals surface area contributed by atoms with Gasteiger partial charge in [-0.2, -0.15) is 0 Å². The molecule has 0 bridgehead atoms. The Hall–Kier alpha value is -2.33. The lowest BCUT2D eigenvalue weighted by Crippen LogP contribution is -2.29. The zero-order valence-corrected chi connectivity index (χ0v) is 38.9. The van der Waals surface area contributed by atoms with E-state index >= 15 is 0 Å². The summed E-state index contributed by atoms with van der Waals surface area (Å²) in [5.74, 6) is -0.932. The average molecular weight is 866 g/mol. The molecule has 3 atom stereocenters. The number of allylic oxidation sites excluding steroid dienone is 8. The van der Waals surface area contributed by atoms with Crippen LogP contribution in [0, 0.1) is 0 Å². The van der Waals surface area contributed by atoms with E-state index in [1.807, 2.05) is 36.5 Å². The highest BCUT2D eigenvalue weighted by Crippen LogP contribution is 2.43. The fourth-order valence-electron chi connectivity index (χ4n) is 6.46. The molecule has 0 heterocycles. The second-order valence-electron chi connectivity index (χ2n) is 15.8. The van der Waals surface area contributed by atoms with Gasteiger partial charge in [0.1, 0.15) is 6.61 Å². The maximum atomic E-state index is 12.6. The highest BCUT2D eigenvalue weighted by atomic mass is 31.2. The first kappa shape index (κ1) is 57.7. The predicted molar refractivity (Wildman–Crippen MR) is 249 cm³/mol. The first-order valence-corrected chi connectivity index (χ1v) is 25.4. The van der Waals surface area contributed by atoms with Crippen molar-refractivity contribution in [2.75, 3.05) is 26.4 Å². The second-order valence-corrected chi connectivity index (χ2v) is 17.3. The minimum Gasteiger partial charge on any atom is -0.462 e. The number of unbranched alkanes of at least 4 members (excludes halogenated alkanes) is 21. The molecule has 10 nitrogen and oxygen atoms in total. The molecule has 0 aromatic rings. The van der Waals surface area contributed by atoms with E-state index in [4.69, 9.17) is 24.3 Å². The van der Waals surface area contributed by atoms with E-state index in [2.05, 4.69) is 32.1 Å². The molecule has 2 unspecified atom stereocenters. The largest absolute Gasteiger partial charge is 0.472 e. The molecule has 0 fully saturated rings. The summed E-state index contributed by atoms with van der Waals surface area (Å²) in [6.45, 7) is 3.48. The smallest absolute Gasteiger partial charge is 0.462 e. The van der Waals surface area contributed by atoms with Crippen LogP contribution in [0.4, 0.5) is 0 Å². The summed E-state index contributed by atoms with van der Waals surface area (Å²) in [6, 6.07) is 0. The van der Waals surface area contributed by atoms with E-state index in [9.17, 15) is 24.2 Å². The molecule has 0 amide bonds. The number of aliphatic hydroxyl groups is 1. The fourth-order valence-corrected chi connectivity index (χ4v) is 7.23. The molecule has 348 valence electrons. The van der Waals surface area contributed by atoms with Crippen LogP contribution in [0.15, 0.2) is 60.8 Å². The third-order valence-electron chi connectivity index (χ3n) is 10.00. The molecule has 0 spiro atoms. The van der Waals surface area contributed by atoms with Gasteiger partial charge in [-0.15, -0.1) is 0 Å².